The van der Waals surface area contributed by atoms with Crippen LogP contribution in [0, 0.1) is 5.82 Å². The van der Waals surface area contributed by atoms with Crippen LogP contribution in [0.5, 0.6) is 11.5 Å². The van der Waals surface area contributed by atoms with Gasteiger partial charge in [0.05, 0.1) is 6.61 Å². The average Bonchev–Trinajstić information content (AvgIpc) is 3.33. The maximum absolute atomic E-state index is 15.6. The molecule has 0 fully saturated rings. The Morgan fingerprint density at radius 2 is 1.34 bits per heavy atom. The van der Waals surface area contributed by atoms with Gasteiger partial charge >= 0.3 is 17.9 Å². The first-order valence-electron chi connectivity index (χ1n) is 13.1. The Morgan fingerprint density at radius 3 is 1.90 bits per heavy atom. The van der Waals surface area contributed by atoms with Crippen molar-refractivity contribution in [2.75, 3.05) is 6.61 Å². The molecule has 1 atom stereocenters. The zero-order valence-corrected chi connectivity index (χ0v) is 23.3. The zero-order valence-electron chi connectivity index (χ0n) is 23.3. The molecular formula is C34H31FO6. The third-order valence-corrected chi connectivity index (χ3v) is 6.72. The molecule has 0 radical (unpaired) electrons. The first-order valence-corrected chi connectivity index (χ1v) is 13.1. The van der Waals surface area contributed by atoms with Crippen LogP contribution < -0.4 is 9.47 Å². The number of carbonyl (C=O) groups is 3. The summed E-state index contributed by atoms with van der Waals surface area (Å²) in [5.41, 5.74) is 4.98. The Hall–Kier alpha value is -4.78. The van der Waals surface area contributed by atoms with E-state index in [1.807, 2.05) is 18.2 Å². The molecule has 1 unspecified atom stereocenters. The summed E-state index contributed by atoms with van der Waals surface area (Å²) in [6.07, 6.45) is 1.70. The maximum atomic E-state index is 15.6. The lowest BCUT2D eigenvalue weighted by Crippen LogP contribution is -2.11. The van der Waals surface area contributed by atoms with Crippen LogP contribution in [0.2, 0.25) is 0 Å². The van der Waals surface area contributed by atoms with Crippen molar-refractivity contribution < 1.29 is 33.0 Å². The van der Waals surface area contributed by atoms with E-state index in [4.69, 9.17) is 14.2 Å². The van der Waals surface area contributed by atoms with Crippen molar-refractivity contribution in [2.24, 2.45) is 0 Å². The van der Waals surface area contributed by atoms with E-state index >= 15 is 4.39 Å². The molecule has 0 saturated heterocycles. The first kappa shape index (κ1) is 29.2. The number of ether oxygens (including phenoxy) is 3. The van der Waals surface area contributed by atoms with Gasteiger partial charge in [-0.3, -0.25) is 0 Å². The number of rotatable bonds is 9. The van der Waals surface area contributed by atoms with Crippen LogP contribution in [-0.4, -0.2) is 24.5 Å². The highest BCUT2D eigenvalue weighted by atomic mass is 19.1. The molecule has 0 aromatic heterocycles. The third kappa shape index (κ3) is 6.87. The van der Waals surface area contributed by atoms with E-state index in [0.717, 1.165) is 24.0 Å². The molecule has 0 aliphatic heterocycles. The van der Waals surface area contributed by atoms with Gasteiger partial charge in [0.1, 0.15) is 17.3 Å². The summed E-state index contributed by atoms with van der Waals surface area (Å²) in [5, 5.41) is 0. The molecule has 4 rings (SSSR count). The quantitative estimate of drug-likeness (QED) is 0.157. The van der Waals surface area contributed by atoms with Crippen molar-refractivity contribution in [3.05, 3.63) is 108 Å². The van der Waals surface area contributed by atoms with E-state index in [1.165, 1.54) is 26.0 Å². The molecule has 0 saturated carbocycles. The van der Waals surface area contributed by atoms with Gasteiger partial charge in [-0.2, -0.15) is 0 Å². The fourth-order valence-corrected chi connectivity index (χ4v) is 4.50. The number of hydrogen-bond donors (Lipinski definition) is 0. The van der Waals surface area contributed by atoms with E-state index < -0.39 is 23.7 Å². The van der Waals surface area contributed by atoms with Crippen LogP contribution >= 0.6 is 0 Å². The molecule has 210 valence electrons. The highest BCUT2D eigenvalue weighted by Crippen LogP contribution is 2.38. The van der Waals surface area contributed by atoms with Gasteiger partial charge in [0.25, 0.3) is 0 Å². The van der Waals surface area contributed by atoms with E-state index in [0.29, 0.717) is 27.8 Å². The fraction of sp³-hybridized carbons (Fsp3) is 0.206. The molecular weight excluding hydrogens is 523 g/mol. The second kappa shape index (κ2) is 12.2. The van der Waals surface area contributed by atoms with Gasteiger partial charge in [0, 0.05) is 34.3 Å². The average molecular weight is 555 g/mol. The summed E-state index contributed by atoms with van der Waals surface area (Å²) < 4.78 is 31.7. The number of esters is 3. The predicted molar refractivity (Wildman–Crippen MR) is 155 cm³/mol. The topological polar surface area (TPSA) is 78.9 Å². The maximum Gasteiger partial charge on any atom is 0.338 e. The second-order valence-electron chi connectivity index (χ2n) is 10.3. The Morgan fingerprint density at radius 1 is 0.756 bits per heavy atom. The standard InChI is InChI=1S/C34H31FO6/c1-19(2)32(36)39-18-25-10-8-22-7-9-24(15-30(22)25)29-12-11-23(16-31(29)35)26-13-27(40-33(37)20(3)4)17-28(14-26)41-34(38)21(5)6/h7,9,11-17,25H,1,3,5,8,10,18H2,2,4,6H3. The van der Waals surface area contributed by atoms with Crippen molar-refractivity contribution in [3.63, 3.8) is 0 Å². The van der Waals surface area contributed by atoms with Crippen molar-refractivity contribution in [3.8, 4) is 33.8 Å². The van der Waals surface area contributed by atoms with Crippen LogP contribution in [0.25, 0.3) is 22.3 Å². The van der Waals surface area contributed by atoms with Gasteiger partial charge < -0.3 is 14.2 Å². The fourth-order valence-electron chi connectivity index (χ4n) is 4.50. The minimum Gasteiger partial charge on any atom is -0.462 e. The summed E-state index contributed by atoms with van der Waals surface area (Å²) in [6.45, 7) is 15.7. The number of fused-ring (bicyclic) bond motifs is 1. The number of halogens is 1. The summed E-state index contributed by atoms with van der Waals surface area (Å²) in [4.78, 5) is 36.1. The largest absolute Gasteiger partial charge is 0.462 e. The van der Waals surface area contributed by atoms with Gasteiger partial charge in [0.2, 0.25) is 0 Å². The lowest BCUT2D eigenvalue weighted by Gasteiger charge is -2.15. The van der Waals surface area contributed by atoms with Crippen molar-refractivity contribution in [1.29, 1.82) is 0 Å². The molecule has 6 nitrogen and oxygen atoms in total. The molecule has 0 N–H and O–H groups in total. The van der Waals surface area contributed by atoms with Crippen LogP contribution in [0.15, 0.2) is 91.1 Å². The summed E-state index contributed by atoms with van der Waals surface area (Å²) in [7, 11) is 0. The molecule has 7 heteroatoms. The van der Waals surface area contributed by atoms with E-state index in [2.05, 4.69) is 19.7 Å². The number of aryl methyl sites for hydroxylation is 1. The molecule has 3 aromatic carbocycles. The van der Waals surface area contributed by atoms with Crippen LogP contribution in [0.1, 0.15) is 44.2 Å². The monoisotopic (exact) mass is 554 g/mol. The molecule has 41 heavy (non-hydrogen) atoms. The molecule has 3 aromatic rings. The molecule has 0 amide bonds. The Balaban J connectivity index is 1.65. The third-order valence-electron chi connectivity index (χ3n) is 6.72. The van der Waals surface area contributed by atoms with Crippen molar-refractivity contribution in [2.45, 2.75) is 39.5 Å². The first-order chi connectivity index (χ1) is 19.4. The highest BCUT2D eigenvalue weighted by Gasteiger charge is 2.25. The molecule has 0 heterocycles. The van der Waals surface area contributed by atoms with Crippen molar-refractivity contribution >= 4 is 17.9 Å². The smallest absolute Gasteiger partial charge is 0.338 e. The van der Waals surface area contributed by atoms with Gasteiger partial charge in [-0.25, -0.2) is 18.8 Å². The second-order valence-corrected chi connectivity index (χ2v) is 10.3. The minimum atomic E-state index is -0.648. The number of hydrogen-bond acceptors (Lipinski definition) is 6. The number of carbonyl (C=O) groups excluding carboxylic acids is 3. The summed E-state index contributed by atoms with van der Waals surface area (Å²) in [6, 6.07) is 15.1. The van der Waals surface area contributed by atoms with Crippen molar-refractivity contribution in [1.82, 2.24) is 0 Å². The molecule has 1 aliphatic carbocycles. The molecule has 0 spiro atoms. The lowest BCUT2D eigenvalue weighted by molar-refractivity contribution is -0.139. The van der Waals surface area contributed by atoms with E-state index in [-0.39, 0.29) is 35.2 Å². The van der Waals surface area contributed by atoms with E-state index in [9.17, 15) is 14.4 Å². The summed E-state index contributed by atoms with van der Waals surface area (Å²) in [5.74, 6) is -1.93. The van der Waals surface area contributed by atoms with E-state index in [1.54, 1.807) is 31.2 Å². The predicted octanol–water partition coefficient (Wildman–Crippen LogP) is 7.27. The Labute approximate surface area is 238 Å². The van der Waals surface area contributed by atoms with Gasteiger partial charge in [-0.15, -0.1) is 0 Å². The summed E-state index contributed by atoms with van der Waals surface area (Å²) >= 11 is 0. The SMILES string of the molecule is C=C(C)C(=O)OCC1CCc2ccc(-c3ccc(-c4cc(OC(=O)C(=C)C)cc(OC(=O)C(=C)C)c4)cc3F)cc21. The van der Waals surface area contributed by atoms with Gasteiger partial charge in [-0.1, -0.05) is 50.1 Å². The Bertz CT molecular complexity index is 1550. The molecule has 0 bridgehead atoms. The van der Waals surface area contributed by atoms with Crippen LogP contribution in [0.4, 0.5) is 4.39 Å². The van der Waals surface area contributed by atoms with Gasteiger partial charge in [0.15, 0.2) is 0 Å². The minimum absolute atomic E-state index is 0.0283. The zero-order chi connectivity index (χ0) is 29.8. The number of benzene rings is 3. The highest BCUT2D eigenvalue weighted by molar-refractivity contribution is 5.90. The molecule has 1 aliphatic rings. The normalized spacial score (nSPS) is 13.6. The van der Waals surface area contributed by atoms with Gasteiger partial charge in [-0.05, 0) is 79.6 Å². The van der Waals surface area contributed by atoms with Crippen LogP contribution in [-0.2, 0) is 25.5 Å². The van der Waals surface area contributed by atoms with Crippen LogP contribution in [0.3, 0.4) is 0 Å². The lowest BCUT2D eigenvalue weighted by atomic mass is 9.95. The Kier molecular flexibility index (Phi) is 8.67.